The van der Waals surface area contributed by atoms with Crippen LogP contribution in [-0.2, 0) is 0 Å². The molecule has 0 aliphatic rings. The fraction of sp³-hybridized carbons (Fsp3) is 0.0870. The van der Waals surface area contributed by atoms with Crippen LogP contribution in [0.4, 0.5) is 5.69 Å². The molecule has 0 fully saturated rings. The van der Waals surface area contributed by atoms with Crippen molar-refractivity contribution in [2.75, 3.05) is 0 Å². The summed E-state index contributed by atoms with van der Waals surface area (Å²) in [6, 6.07) is 22.7. The van der Waals surface area contributed by atoms with Crippen molar-refractivity contribution < 1.29 is 0 Å². The lowest BCUT2D eigenvalue weighted by atomic mass is 10.0. The van der Waals surface area contributed by atoms with Gasteiger partial charge < -0.3 is 0 Å². The molecular formula is C23H17NS. The molecule has 0 unspecified atom stereocenters. The molecule has 0 bridgehead atoms. The summed E-state index contributed by atoms with van der Waals surface area (Å²) in [6.07, 6.45) is 0. The number of aryl methyl sites for hydroxylation is 2. The Bertz CT molecular complexity index is 997. The number of rotatable bonds is 2. The molecular weight excluding hydrogens is 322 g/mol. The lowest BCUT2D eigenvalue weighted by Gasteiger charge is -2.05. The van der Waals surface area contributed by atoms with E-state index in [0.717, 1.165) is 33.5 Å². The fourth-order valence-electron chi connectivity index (χ4n) is 2.54. The highest BCUT2D eigenvalue weighted by molar-refractivity contribution is 7.78. The van der Waals surface area contributed by atoms with Gasteiger partial charge in [0.25, 0.3) is 0 Å². The fourth-order valence-corrected chi connectivity index (χ4v) is 2.64. The predicted octanol–water partition coefficient (Wildman–Crippen LogP) is 6.10. The summed E-state index contributed by atoms with van der Waals surface area (Å²) in [5.41, 5.74) is 7.52. The van der Waals surface area contributed by atoms with Crippen molar-refractivity contribution in [1.29, 1.82) is 0 Å². The normalized spacial score (nSPS) is 9.68. The van der Waals surface area contributed by atoms with Crippen molar-refractivity contribution in [1.82, 2.24) is 0 Å². The molecule has 0 spiro atoms. The van der Waals surface area contributed by atoms with E-state index in [0.29, 0.717) is 0 Å². The van der Waals surface area contributed by atoms with Gasteiger partial charge in [-0.3, -0.25) is 0 Å². The third kappa shape index (κ3) is 4.31. The highest BCUT2D eigenvalue weighted by Gasteiger charge is 2.01. The number of benzene rings is 3. The number of aliphatic imine (C=N–C) groups is 1. The van der Waals surface area contributed by atoms with Gasteiger partial charge in [0.15, 0.2) is 0 Å². The Hall–Kier alpha value is -2.98. The monoisotopic (exact) mass is 339 g/mol. The first-order valence-electron chi connectivity index (χ1n) is 8.03. The number of thiocarbonyl (C=S) groups is 1. The van der Waals surface area contributed by atoms with Crippen LogP contribution in [0.1, 0.15) is 22.3 Å². The lowest BCUT2D eigenvalue weighted by molar-refractivity contribution is 1.41. The van der Waals surface area contributed by atoms with Crippen molar-refractivity contribution in [3.8, 4) is 23.0 Å². The Morgan fingerprint density at radius 2 is 1.28 bits per heavy atom. The van der Waals surface area contributed by atoms with E-state index in [-0.39, 0.29) is 0 Å². The third-order valence-corrected chi connectivity index (χ3v) is 4.08. The van der Waals surface area contributed by atoms with Crippen LogP contribution >= 0.6 is 12.2 Å². The summed E-state index contributed by atoms with van der Waals surface area (Å²) >= 11 is 4.67. The van der Waals surface area contributed by atoms with Gasteiger partial charge in [-0.2, -0.15) is 4.99 Å². The van der Waals surface area contributed by atoms with E-state index in [2.05, 4.69) is 83.6 Å². The maximum absolute atomic E-state index is 4.67. The standard InChI is InChI=1S/C23H17NS/c1-17-3-5-19(6-4-17)7-8-20-9-11-21(12-10-20)22-13-14-23(24-16-25)18(2)15-22/h3-6,9-15H,1-2H3. The smallest absolute Gasteiger partial charge is 0.0769 e. The molecule has 0 N–H and O–H groups in total. The second kappa shape index (κ2) is 7.73. The number of hydrogen-bond acceptors (Lipinski definition) is 2. The van der Waals surface area contributed by atoms with Crippen molar-refractivity contribution in [3.05, 3.63) is 89.0 Å². The van der Waals surface area contributed by atoms with Crippen LogP contribution in [0.2, 0.25) is 0 Å². The molecule has 3 rings (SSSR count). The average molecular weight is 339 g/mol. The summed E-state index contributed by atoms with van der Waals surface area (Å²) in [7, 11) is 0. The maximum atomic E-state index is 4.67. The van der Waals surface area contributed by atoms with Crippen molar-refractivity contribution >= 4 is 23.1 Å². The third-order valence-electron chi connectivity index (χ3n) is 3.98. The van der Waals surface area contributed by atoms with Crippen molar-refractivity contribution in [2.24, 2.45) is 4.99 Å². The molecule has 0 aliphatic heterocycles. The van der Waals surface area contributed by atoms with E-state index < -0.39 is 0 Å². The Morgan fingerprint density at radius 3 is 1.84 bits per heavy atom. The maximum Gasteiger partial charge on any atom is 0.0769 e. The van der Waals surface area contributed by atoms with E-state index in [9.17, 15) is 0 Å². The van der Waals surface area contributed by atoms with Gasteiger partial charge in [-0.25, -0.2) is 0 Å². The minimum absolute atomic E-state index is 0.860. The first kappa shape index (κ1) is 16.9. The van der Waals surface area contributed by atoms with Crippen LogP contribution in [0.3, 0.4) is 0 Å². The van der Waals surface area contributed by atoms with E-state index in [1.807, 2.05) is 31.2 Å². The molecule has 3 aromatic rings. The van der Waals surface area contributed by atoms with Gasteiger partial charge in [-0.1, -0.05) is 47.7 Å². The molecule has 1 nitrogen and oxygen atoms in total. The Labute approximate surface area is 154 Å². The number of hydrogen-bond donors (Lipinski definition) is 0. The first-order chi connectivity index (χ1) is 12.2. The molecule has 0 radical (unpaired) electrons. The first-order valence-corrected chi connectivity index (χ1v) is 8.44. The molecule has 3 aromatic carbocycles. The van der Waals surface area contributed by atoms with Crippen LogP contribution in [0.5, 0.6) is 0 Å². The summed E-state index contributed by atoms with van der Waals surface area (Å²) in [5.74, 6) is 6.41. The molecule has 0 amide bonds. The lowest BCUT2D eigenvalue weighted by Crippen LogP contribution is -1.82. The van der Waals surface area contributed by atoms with E-state index in [1.165, 1.54) is 5.56 Å². The van der Waals surface area contributed by atoms with Gasteiger partial charge in [0.05, 0.1) is 10.8 Å². The van der Waals surface area contributed by atoms with Crippen LogP contribution in [0.15, 0.2) is 71.7 Å². The summed E-state index contributed by atoms with van der Waals surface area (Å²) in [5, 5.41) is 2.42. The highest BCUT2D eigenvalue weighted by atomic mass is 32.1. The predicted molar refractivity (Wildman–Crippen MR) is 108 cm³/mol. The number of nitrogens with zero attached hydrogens (tertiary/aromatic N) is 1. The van der Waals surface area contributed by atoms with E-state index in [4.69, 9.17) is 0 Å². The Morgan fingerprint density at radius 1 is 0.720 bits per heavy atom. The van der Waals surface area contributed by atoms with Crippen LogP contribution in [0.25, 0.3) is 11.1 Å². The molecule has 0 aliphatic carbocycles. The summed E-state index contributed by atoms with van der Waals surface area (Å²) < 4.78 is 0. The SMILES string of the molecule is Cc1ccc(C#Cc2ccc(-c3ccc(N=C=S)c(C)c3)cc2)cc1. The van der Waals surface area contributed by atoms with Gasteiger partial charge in [-0.15, -0.1) is 0 Å². The van der Waals surface area contributed by atoms with E-state index in [1.54, 1.807) is 0 Å². The Kier molecular flexibility index (Phi) is 5.21. The summed E-state index contributed by atoms with van der Waals surface area (Å²) in [6.45, 7) is 4.10. The van der Waals surface area contributed by atoms with Gasteiger partial charge in [0.1, 0.15) is 0 Å². The van der Waals surface area contributed by atoms with Gasteiger partial charge >= 0.3 is 0 Å². The highest BCUT2D eigenvalue weighted by Crippen LogP contribution is 2.26. The second-order valence-corrected chi connectivity index (χ2v) is 6.08. The molecule has 25 heavy (non-hydrogen) atoms. The van der Waals surface area contributed by atoms with Crippen LogP contribution in [0, 0.1) is 25.7 Å². The molecule has 120 valence electrons. The van der Waals surface area contributed by atoms with Gasteiger partial charge in [0.2, 0.25) is 0 Å². The zero-order valence-corrected chi connectivity index (χ0v) is 15.0. The van der Waals surface area contributed by atoms with Crippen LogP contribution in [-0.4, -0.2) is 5.16 Å². The zero-order valence-electron chi connectivity index (χ0n) is 14.2. The zero-order chi connectivity index (χ0) is 17.6. The Balaban J connectivity index is 1.82. The molecule has 0 saturated heterocycles. The minimum Gasteiger partial charge on any atom is -0.194 e. The second-order valence-electron chi connectivity index (χ2n) is 5.90. The molecule has 0 atom stereocenters. The number of isothiocyanates is 1. The minimum atomic E-state index is 0.860. The van der Waals surface area contributed by atoms with Crippen molar-refractivity contribution in [2.45, 2.75) is 13.8 Å². The largest absolute Gasteiger partial charge is 0.194 e. The molecule has 2 heteroatoms. The molecule has 0 saturated carbocycles. The van der Waals surface area contributed by atoms with E-state index >= 15 is 0 Å². The molecule has 0 heterocycles. The quantitative estimate of drug-likeness (QED) is 0.312. The molecule has 0 aromatic heterocycles. The summed E-state index contributed by atoms with van der Waals surface area (Å²) in [4.78, 5) is 4.06. The van der Waals surface area contributed by atoms with Gasteiger partial charge in [-0.05, 0) is 79.2 Å². The van der Waals surface area contributed by atoms with Crippen LogP contribution < -0.4 is 0 Å². The topological polar surface area (TPSA) is 12.4 Å². The van der Waals surface area contributed by atoms with Gasteiger partial charge in [0, 0.05) is 11.1 Å². The average Bonchev–Trinajstić information content (AvgIpc) is 2.63. The van der Waals surface area contributed by atoms with Crippen molar-refractivity contribution in [3.63, 3.8) is 0 Å².